The minimum absolute atomic E-state index is 0.138. The Hall–Kier alpha value is -1.04. The first kappa shape index (κ1) is 11.0. The molecule has 1 N–H and O–H groups in total. The summed E-state index contributed by atoms with van der Waals surface area (Å²) >= 11 is 0. The summed E-state index contributed by atoms with van der Waals surface area (Å²) in [5.41, 5.74) is 0. The zero-order chi connectivity index (χ0) is 9.40. The van der Waals surface area contributed by atoms with Crippen molar-refractivity contribution in [2.75, 3.05) is 0 Å². The average Bonchev–Trinajstić information content (AvgIpc) is 2.03. The van der Waals surface area contributed by atoms with E-state index < -0.39 is 11.9 Å². The number of hydrogen-bond donors (Lipinski definition) is 1. The molecular formula is C9H15NO2. The third kappa shape index (κ3) is 4.73. The summed E-state index contributed by atoms with van der Waals surface area (Å²) in [5.74, 6) is -1.30. The highest BCUT2D eigenvalue weighted by Gasteiger charge is 2.15. The van der Waals surface area contributed by atoms with Gasteiger partial charge in [-0.2, -0.15) is 5.26 Å². The maximum absolute atomic E-state index is 10.5. The molecule has 0 saturated carbocycles. The van der Waals surface area contributed by atoms with Crippen molar-refractivity contribution in [1.82, 2.24) is 0 Å². The number of rotatable bonds is 6. The number of unbranched alkanes of at least 4 members (excludes halogenated alkanes) is 2. The van der Waals surface area contributed by atoms with E-state index in [1.165, 1.54) is 0 Å². The van der Waals surface area contributed by atoms with Gasteiger partial charge in [-0.25, -0.2) is 0 Å². The minimum Gasteiger partial charge on any atom is -0.481 e. The van der Waals surface area contributed by atoms with Crippen LogP contribution in [0.15, 0.2) is 0 Å². The maximum Gasteiger partial charge on any atom is 0.307 e. The van der Waals surface area contributed by atoms with E-state index in [0.29, 0.717) is 6.42 Å². The Labute approximate surface area is 73.0 Å². The second kappa shape index (κ2) is 6.66. The third-order valence-corrected chi connectivity index (χ3v) is 1.84. The van der Waals surface area contributed by atoms with Crippen LogP contribution in [0, 0.1) is 17.2 Å². The Morgan fingerprint density at radius 1 is 1.58 bits per heavy atom. The third-order valence-electron chi connectivity index (χ3n) is 1.84. The zero-order valence-electron chi connectivity index (χ0n) is 7.42. The standard InChI is InChI=1S/C9H15NO2/c1-2-3-4-5-8(6-7-10)9(11)12/h8H,2-6H2,1H3,(H,11,12). The Morgan fingerprint density at radius 3 is 2.67 bits per heavy atom. The second-order valence-corrected chi connectivity index (χ2v) is 2.89. The molecule has 0 aromatic rings. The number of aliphatic carboxylic acids is 1. The Kier molecular flexibility index (Phi) is 6.08. The van der Waals surface area contributed by atoms with Gasteiger partial charge < -0.3 is 5.11 Å². The molecule has 3 nitrogen and oxygen atoms in total. The van der Waals surface area contributed by atoms with Gasteiger partial charge >= 0.3 is 5.97 Å². The molecule has 1 unspecified atom stereocenters. The lowest BCUT2D eigenvalue weighted by Gasteiger charge is -2.06. The number of carboxylic acid groups (broad SMARTS) is 1. The van der Waals surface area contributed by atoms with Crippen molar-refractivity contribution in [2.45, 2.75) is 39.0 Å². The van der Waals surface area contributed by atoms with Gasteiger partial charge in [0.2, 0.25) is 0 Å². The molecule has 0 aromatic carbocycles. The molecule has 0 amide bonds. The number of hydrogen-bond acceptors (Lipinski definition) is 2. The van der Waals surface area contributed by atoms with Gasteiger partial charge in [-0.3, -0.25) is 4.79 Å². The van der Waals surface area contributed by atoms with Crippen molar-refractivity contribution in [3.63, 3.8) is 0 Å². The number of nitrogens with zero attached hydrogens (tertiary/aromatic N) is 1. The summed E-state index contributed by atoms with van der Waals surface area (Å²) in [6, 6.07) is 1.90. The minimum atomic E-state index is -0.840. The quantitative estimate of drug-likeness (QED) is 0.620. The molecule has 12 heavy (non-hydrogen) atoms. The Morgan fingerprint density at radius 2 is 2.25 bits per heavy atom. The summed E-state index contributed by atoms with van der Waals surface area (Å²) < 4.78 is 0. The normalized spacial score (nSPS) is 12.0. The fourth-order valence-electron chi connectivity index (χ4n) is 1.06. The highest BCUT2D eigenvalue weighted by molar-refractivity contribution is 5.70. The monoisotopic (exact) mass is 169 g/mol. The SMILES string of the molecule is CCCCCC(CC#N)C(=O)O. The summed E-state index contributed by atoms with van der Waals surface area (Å²) in [5, 5.41) is 17.0. The van der Waals surface area contributed by atoms with Crippen molar-refractivity contribution in [3.05, 3.63) is 0 Å². The first-order valence-electron chi connectivity index (χ1n) is 4.32. The lowest BCUT2D eigenvalue weighted by atomic mass is 9.99. The van der Waals surface area contributed by atoms with Gasteiger partial charge in [0, 0.05) is 6.42 Å². The van der Waals surface area contributed by atoms with Gasteiger partial charge in [-0.15, -0.1) is 0 Å². The molecule has 0 aliphatic carbocycles. The van der Waals surface area contributed by atoms with Crippen LogP contribution in [-0.4, -0.2) is 11.1 Å². The van der Waals surface area contributed by atoms with Crippen LogP contribution in [0.1, 0.15) is 39.0 Å². The molecule has 0 radical (unpaired) electrons. The van der Waals surface area contributed by atoms with Crippen LogP contribution in [0.25, 0.3) is 0 Å². The molecule has 0 spiro atoms. The zero-order valence-corrected chi connectivity index (χ0v) is 7.42. The summed E-state index contributed by atoms with van der Waals surface area (Å²) in [6.45, 7) is 2.07. The molecular weight excluding hydrogens is 154 g/mol. The van der Waals surface area contributed by atoms with Crippen LogP contribution in [0.3, 0.4) is 0 Å². The van der Waals surface area contributed by atoms with Crippen LogP contribution in [-0.2, 0) is 4.79 Å². The molecule has 0 saturated heterocycles. The number of carbonyl (C=O) groups is 1. The first-order valence-corrected chi connectivity index (χ1v) is 4.32. The van der Waals surface area contributed by atoms with Gasteiger partial charge in [0.05, 0.1) is 12.0 Å². The molecule has 0 rings (SSSR count). The fourth-order valence-corrected chi connectivity index (χ4v) is 1.06. The van der Waals surface area contributed by atoms with Gasteiger partial charge in [0.15, 0.2) is 0 Å². The van der Waals surface area contributed by atoms with Crippen molar-refractivity contribution < 1.29 is 9.90 Å². The smallest absolute Gasteiger partial charge is 0.307 e. The molecule has 0 bridgehead atoms. The number of nitriles is 1. The van der Waals surface area contributed by atoms with E-state index in [2.05, 4.69) is 6.92 Å². The van der Waals surface area contributed by atoms with Gasteiger partial charge in [0.25, 0.3) is 0 Å². The summed E-state index contributed by atoms with van der Waals surface area (Å²) in [4.78, 5) is 10.5. The van der Waals surface area contributed by atoms with Crippen LogP contribution in [0.2, 0.25) is 0 Å². The molecule has 0 fully saturated rings. The van der Waals surface area contributed by atoms with E-state index in [1.54, 1.807) is 0 Å². The Balaban J connectivity index is 3.65. The van der Waals surface area contributed by atoms with E-state index in [4.69, 9.17) is 10.4 Å². The molecule has 3 heteroatoms. The lowest BCUT2D eigenvalue weighted by Crippen LogP contribution is -2.12. The molecule has 0 heterocycles. The average molecular weight is 169 g/mol. The van der Waals surface area contributed by atoms with E-state index in [9.17, 15) is 4.79 Å². The summed E-state index contributed by atoms with van der Waals surface area (Å²) in [7, 11) is 0. The van der Waals surface area contributed by atoms with Crippen molar-refractivity contribution in [1.29, 1.82) is 5.26 Å². The Bertz CT molecular complexity index is 172. The second-order valence-electron chi connectivity index (χ2n) is 2.89. The van der Waals surface area contributed by atoms with E-state index >= 15 is 0 Å². The largest absolute Gasteiger partial charge is 0.481 e. The van der Waals surface area contributed by atoms with Crippen molar-refractivity contribution in [2.24, 2.45) is 5.92 Å². The lowest BCUT2D eigenvalue weighted by molar-refractivity contribution is -0.141. The number of carboxylic acids is 1. The van der Waals surface area contributed by atoms with Crippen LogP contribution < -0.4 is 0 Å². The topological polar surface area (TPSA) is 61.1 Å². The molecule has 1 atom stereocenters. The first-order chi connectivity index (χ1) is 5.72. The molecule has 68 valence electrons. The van der Waals surface area contributed by atoms with E-state index in [-0.39, 0.29) is 6.42 Å². The predicted octanol–water partition coefficient (Wildman–Crippen LogP) is 2.18. The van der Waals surface area contributed by atoms with Crippen molar-refractivity contribution in [3.8, 4) is 6.07 Å². The highest BCUT2D eigenvalue weighted by Crippen LogP contribution is 2.13. The fraction of sp³-hybridized carbons (Fsp3) is 0.778. The van der Waals surface area contributed by atoms with Gasteiger partial charge in [-0.1, -0.05) is 26.2 Å². The van der Waals surface area contributed by atoms with Crippen LogP contribution >= 0.6 is 0 Å². The molecule has 0 aromatic heterocycles. The molecule has 0 aliphatic rings. The van der Waals surface area contributed by atoms with Crippen LogP contribution in [0.4, 0.5) is 0 Å². The van der Waals surface area contributed by atoms with Crippen LogP contribution in [0.5, 0.6) is 0 Å². The van der Waals surface area contributed by atoms with Crippen molar-refractivity contribution >= 4 is 5.97 Å². The van der Waals surface area contributed by atoms with E-state index in [1.807, 2.05) is 6.07 Å². The van der Waals surface area contributed by atoms with Gasteiger partial charge in [-0.05, 0) is 6.42 Å². The highest BCUT2D eigenvalue weighted by atomic mass is 16.4. The summed E-state index contributed by atoms with van der Waals surface area (Å²) in [6.07, 6.45) is 3.82. The van der Waals surface area contributed by atoms with E-state index in [0.717, 1.165) is 19.3 Å². The van der Waals surface area contributed by atoms with Gasteiger partial charge in [0.1, 0.15) is 0 Å². The molecule has 0 aliphatic heterocycles. The predicted molar refractivity (Wildman–Crippen MR) is 45.5 cm³/mol. The maximum atomic E-state index is 10.5.